The molecule has 1 rings (SSSR count). The molecule has 88 valence electrons. The molecule has 0 aliphatic heterocycles. The van der Waals surface area contributed by atoms with Crippen molar-refractivity contribution in [2.24, 2.45) is 0 Å². The van der Waals surface area contributed by atoms with Gasteiger partial charge >= 0.3 is 5.97 Å². The highest BCUT2D eigenvalue weighted by molar-refractivity contribution is 9.10. The fraction of sp³-hybridized carbons (Fsp3) is 0.364. The molecule has 0 bridgehead atoms. The Bertz CT molecular complexity index is 381. The Morgan fingerprint density at radius 1 is 1.62 bits per heavy atom. The van der Waals surface area contributed by atoms with Crippen molar-refractivity contribution >= 4 is 33.7 Å². The topological polar surface area (TPSA) is 46.5 Å². The Morgan fingerprint density at radius 3 is 2.88 bits per heavy atom. The molecule has 0 radical (unpaired) electrons. The monoisotopic (exact) mass is 304 g/mol. The average molecular weight is 305 g/mol. The van der Waals surface area contributed by atoms with E-state index in [0.29, 0.717) is 16.3 Å². The lowest BCUT2D eigenvalue weighted by atomic mass is 10.2. The number of hydrogen-bond acceptors (Lipinski definition) is 3. The number of carboxylic acid groups (broad SMARTS) is 1. The first-order valence-corrected chi connectivity index (χ1v) is 6.40. The zero-order valence-corrected chi connectivity index (χ0v) is 11.5. The van der Waals surface area contributed by atoms with Crippen molar-refractivity contribution < 1.29 is 14.6 Å². The van der Waals surface area contributed by atoms with Crippen LogP contribution in [0.5, 0.6) is 0 Å². The second kappa shape index (κ2) is 6.27. The molecule has 3 nitrogen and oxygen atoms in total. The molecule has 1 aromatic carbocycles. The molecular weight excluding hydrogens is 292 g/mol. The maximum absolute atomic E-state index is 10.9. The van der Waals surface area contributed by atoms with Gasteiger partial charge in [0.2, 0.25) is 0 Å². The van der Waals surface area contributed by atoms with E-state index in [4.69, 9.17) is 9.84 Å². The summed E-state index contributed by atoms with van der Waals surface area (Å²) in [6.45, 7) is 2.68. The summed E-state index contributed by atoms with van der Waals surface area (Å²) in [5.74, 6) is -0.922. The minimum absolute atomic E-state index is 0.287. The quantitative estimate of drug-likeness (QED) is 0.848. The Hall–Kier alpha value is -0.520. The Labute approximate surface area is 107 Å². The minimum atomic E-state index is -0.922. The van der Waals surface area contributed by atoms with Gasteiger partial charge in [0.1, 0.15) is 0 Å². The van der Waals surface area contributed by atoms with E-state index in [1.165, 1.54) is 0 Å². The van der Waals surface area contributed by atoms with Crippen LogP contribution in [0.4, 0.5) is 0 Å². The van der Waals surface area contributed by atoms with Crippen LogP contribution in [0.1, 0.15) is 17.3 Å². The molecule has 0 aromatic heterocycles. The van der Waals surface area contributed by atoms with E-state index in [9.17, 15) is 4.79 Å². The van der Waals surface area contributed by atoms with Gasteiger partial charge in [0, 0.05) is 21.7 Å². The Kier molecular flexibility index (Phi) is 5.31. The molecular formula is C11H13BrO3S. The van der Waals surface area contributed by atoms with Crippen molar-refractivity contribution in [1.82, 2.24) is 0 Å². The number of ether oxygens (including phenoxy) is 1. The van der Waals surface area contributed by atoms with Gasteiger partial charge in [0.05, 0.1) is 12.2 Å². The Balaban J connectivity index is 2.82. The van der Waals surface area contributed by atoms with Crippen LogP contribution in [0.25, 0.3) is 0 Å². The summed E-state index contributed by atoms with van der Waals surface area (Å²) < 4.78 is 5.63. The van der Waals surface area contributed by atoms with Gasteiger partial charge in [-0.1, -0.05) is 6.92 Å². The fourth-order valence-electron chi connectivity index (χ4n) is 1.24. The van der Waals surface area contributed by atoms with Gasteiger partial charge in [-0.05, 0) is 34.1 Å². The fourth-order valence-corrected chi connectivity index (χ4v) is 2.66. The predicted octanol–water partition coefficient (Wildman–Crippen LogP) is 3.27. The number of benzene rings is 1. The molecule has 0 spiro atoms. The van der Waals surface area contributed by atoms with Crippen molar-refractivity contribution in [2.75, 3.05) is 13.7 Å². The van der Waals surface area contributed by atoms with Gasteiger partial charge in [-0.3, -0.25) is 0 Å². The van der Waals surface area contributed by atoms with E-state index in [1.807, 2.05) is 13.0 Å². The highest BCUT2D eigenvalue weighted by atomic mass is 79.9. The number of thioether (sulfide) groups is 1. The first-order valence-electron chi connectivity index (χ1n) is 4.73. The molecule has 0 aliphatic carbocycles. The number of carboxylic acids is 1. The molecule has 0 saturated carbocycles. The highest BCUT2D eigenvalue weighted by Crippen LogP contribution is 2.27. The average Bonchev–Trinajstić information content (AvgIpc) is 2.21. The second-order valence-corrected chi connectivity index (χ2v) is 5.70. The summed E-state index contributed by atoms with van der Waals surface area (Å²) in [5.41, 5.74) is 0.287. The first-order chi connectivity index (χ1) is 7.54. The number of hydrogen-bond donors (Lipinski definition) is 1. The van der Waals surface area contributed by atoms with Crippen LogP contribution < -0.4 is 0 Å². The SMILES string of the molecule is COCC(C)Sc1ccc(Br)c(C(=O)O)c1. The van der Waals surface area contributed by atoms with Gasteiger partial charge in [-0.2, -0.15) is 0 Å². The summed E-state index contributed by atoms with van der Waals surface area (Å²) in [7, 11) is 1.65. The van der Waals surface area contributed by atoms with E-state index < -0.39 is 5.97 Å². The standard InChI is InChI=1S/C11H13BrO3S/c1-7(6-15-2)16-8-3-4-10(12)9(5-8)11(13)14/h3-5,7H,6H2,1-2H3,(H,13,14). The van der Waals surface area contributed by atoms with Crippen LogP contribution in [0, 0.1) is 0 Å². The van der Waals surface area contributed by atoms with E-state index in [0.717, 1.165) is 4.90 Å². The number of aromatic carboxylic acids is 1. The Morgan fingerprint density at radius 2 is 2.31 bits per heavy atom. The largest absolute Gasteiger partial charge is 0.478 e. The summed E-state index contributed by atoms with van der Waals surface area (Å²) in [6, 6.07) is 5.32. The van der Waals surface area contributed by atoms with Gasteiger partial charge in [0.25, 0.3) is 0 Å². The van der Waals surface area contributed by atoms with Crippen molar-refractivity contribution in [2.45, 2.75) is 17.1 Å². The van der Waals surface area contributed by atoms with E-state index in [-0.39, 0.29) is 5.56 Å². The molecule has 0 aliphatic rings. The molecule has 0 heterocycles. The van der Waals surface area contributed by atoms with Crippen molar-refractivity contribution in [1.29, 1.82) is 0 Å². The smallest absolute Gasteiger partial charge is 0.336 e. The van der Waals surface area contributed by atoms with Crippen molar-refractivity contribution in [3.8, 4) is 0 Å². The maximum atomic E-state index is 10.9. The maximum Gasteiger partial charge on any atom is 0.336 e. The molecule has 16 heavy (non-hydrogen) atoms. The van der Waals surface area contributed by atoms with Gasteiger partial charge < -0.3 is 9.84 Å². The van der Waals surface area contributed by atoms with Crippen LogP contribution in [0.2, 0.25) is 0 Å². The first kappa shape index (κ1) is 13.5. The van der Waals surface area contributed by atoms with E-state index in [2.05, 4.69) is 15.9 Å². The van der Waals surface area contributed by atoms with Gasteiger partial charge in [0.15, 0.2) is 0 Å². The van der Waals surface area contributed by atoms with Crippen molar-refractivity contribution in [3.05, 3.63) is 28.2 Å². The van der Waals surface area contributed by atoms with Gasteiger partial charge in [-0.25, -0.2) is 4.79 Å². The lowest BCUT2D eigenvalue weighted by molar-refractivity contribution is 0.0695. The van der Waals surface area contributed by atoms with Crippen molar-refractivity contribution in [3.63, 3.8) is 0 Å². The lowest BCUT2D eigenvalue weighted by Crippen LogP contribution is -2.05. The number of halogens is 1. The number of methoxy groups -OCH3 is 1. The predicted molar refractivity (Wildman–Crippen MR) is 68.3 cm³/mol. The van der Waals surface area contributed by atoms with Crippen LogP contribution in [0.15, 0.2) is 27.6 Å². The molecule has 1 unspecified atom stereocenters. The number of rotatable bonds is 5. The molecule has 1 N–H and O–H groups in total. The van der Waals surface area contributed by atoms with Crippen LogP contribution in [-0.4, -0.2) is 30.0 Å². The lowest BCUT2D eigenvalue weighted by Gasteiger charge is -2.10. The summed E-state index contributed by atoms with van der Waals surface area (Å²) in [6.07, 6.45) is 0. The van der Waals surface area contributed by atoms with E-state index in [1.54, 1.807) is 31.0 Å². The molecule has 1 aromatic rings. The zero-order chi connectivity index (χ0) is 12.1. The second-order valence-electron chi connectivity index (χ2n) is 3.33. The molecule has 0 amide bonds. The normalized spacial score (nSPS) is 12.4. The third-order valence-corrected chi connectivity index (χ3v) is 3.66. The summed E-state index contributed by atoms with van der Waals surface area (Å²) in [4.78, 5) is 11.9. The third-order valence-electron chi connectivity index (χ3n) is 1.91. The van der Waals surface area contributed by atoms with Crippen LogP contribution in [0.3, 0.4) is 0 Å². The highest BCUT2D eigenvalue weighted by Gasteiger charge is 2.11. The van der Waals surface area contributed by atoms with Crippen LogP contribution in [-0.2, 0) is 4.74 Å². The molecule has 0 fully saturated rings. The van der Waals surface area contributed by atoms with Crippen LogP contribution >= 0.6 is 27.7 Å². The zero-order valence-electron chi connectivity index (χ0n) is 9.07. The van der Waals surface area contributed by atoms with Gasteiger partial charge in [-0.15, -0.1) is 11.8 Å². The third kappa shape index (κ3) is 3.81. The summed E-state index contributed by atoms with van der Waals surface area (Å²) >= 11 is 4.81. The molecule has 1 atom stereocenters. The molecule has 0 saturated heterocycles. The van der Waals surface area contributed by atoms with E-state index >= 15 is 0 Å². The molecule has 5 heteroatoms. The summed E-state index contributed by atoms with van der Waals surface area (Å²) in [5, 5.41) is 9.26. The number of carbonyl (C=O) groups is 1. The minimum Gasteiger partial charge on any atom is -0.478 e.